The van der Waals surface area contributed by atoms with Gasteiger partial charge in [-0.1, -0.05) is 17.7 Å². The standard InChI is InChI=1S/C13H16ClN3O3S/c14-13-9-12(4-3-11(13)10-18)21(19,20)16-6-2-8-17-7-1-5-15-17/h1,3-5,7,9,16,18H,2,6,8,10H2. The lowest BCUT2D eigenvalue weighted by Gasteiger charge is -2.08. The molecule has 0 bridgehead atoms. The minimum Gasteiger partial charge on any atom is -0.392 e. The number of hydrogen-bond donors (Lipinski definition) is 2. The van der Waals surface area contributed by atoms with Gasteiger partial charge < -0.3 is 5.11 Å². The average molecular weight is 330 g/mol. The van der Waals surface area contributed by atoms with Crippen LogP contribution in [0.3, 0.4) is 0 Å². The maximum absolute atomic E-state index is 12.1. The van der Waals surface area contributed by atoms with Crippen LogP contribution >= 0.6 is 11.6 Å². The van der Waals surface area contributed by atoms with Gasteiger partial charge in [0.2, 0.25) is 10.0 Å². The van der Waals surface area contributed by atoms with Crippen LogP contribution in [0.5, 0.6) is 0 Å². The first-order valence-corrected chi connectivity index (χ1v) is 8.25. The Kier molecular flexibility index (Phi) is 5.35. The summed E-state index contributed by atoms with van der Waals surface area (Å²) in [7, 11) is -3.59. The molecule has 1 aromatic carbocycles. The summed E-state index contributed by atoms with van der Waals surface area (Å²) in [5.41, 5.74) is 0.495. The maximum atomic E-state index is 12.1. The first-order chi connectivity index (χ1) is 10.0. The molecule has 0 aliphatic rings. The van der Waals surface area contributed by atoms with Crippen molar-refractivity contribution < 1.29 is 13.5 Å². The Labute approximate surface area is 128 Å². The van der Waals surface area contributed by atoms with Crippen LogP contribution in [0, 0.1) is 0 Å². The second kappa shape index (κ2) is 7.04. The van der Waals surface area contributed by atoms with Crippen LogP contribution in [0.2, 0.25) is 5.02 Å². The van der Waals surface area contributed by atoms with E-state index in [1.54, 1.807) is 10.9 Å². The summed E-state index contributed by atoms with van der Waals surface area (Å²) < 4.78 is 28.4. The Morgan fingerprint density at radius 3 is 2.81 bits per heavy atom. The Morgan fingerprint density at radius 2 is 2.19 bits per heavy atom. The van der Waals surface area contributed by atoms with Gasteiger partial charge >= 0.3 is 0 Å². The van der Waals surface area contributed by atoms with Gasteiger partial charge in [-0.2, -0.15) is 5.10 Å². The molecule has 1 heterocycles. The van der Waals surface area contributed by atoms with E-state index in [0.29, 0.717) is 25.1 Å². The predicted octanol–water partition coefficient (Wildman–Crippen LogP) is 1.40. The highest BCUT2D eigenvalue weighted by Crippen LogP contribution is 2.20. The number of aliphatic hydroxyl groups is 1. The quantitative estimate of drug-likeness (QED) is 0.752. The third kappa shape index (κ3) is 4.28. The van der Waals surface area contributed by atoms with Gasteiger partial charge in [0.1, 0.15) is 0 Å². The molecule has 2 aromatic rings. The fourth-order valence-electron chi connectivity index (χ4n) is 1.79. The van der Waals surface area contributed by atoms with Crippen molar-refractivity contribution in [3.63, 3.8) is 0 Å². The average Bonchev–Trinajstić information content (AvgIpc) is 2.97. The topological polar surface area (TPSA) is 84.2 Å². The summed E-state index contributed by atoms with van der Waals surface area (Å²) in [5, 5.41) is 13.3. The zero-order valence-corrected chi connectivity index (χ0v) is 12.8. The van der Waals surface area contributed by atoms with Gasteiger partial charge in [-0.25, -0.2) is 13.1 Å². The van der Waals surface area contributed by atoms with E-state index in [2.05, 4.69) is 9.82 Å². The number of aryl methyl sites for hydroxylation is 1. The molecule has 0 unspecified atom stereocenters. The highest BCUT2D eigenvalue weighted by molar-refractivity contribution is 7.89. The van der Waals surface area contributed by atoms with Crippen LogP contribution in [0.25, 0.3) is 0 Å². The number of aliphatic hydroxyl groups excluding tert-OH is 1. The first-order valence-electron chi connectivity index (χ1n) is 6.39. The molecule has 1 aromatic heterocycles. The maximum Gasteiger partial charge on any atom is 0.240 e. The molecule has 0 spiro atoms. The lowest BCUT2D eigenvalue weighted by Crippen LogP contribution is -2.25. The van der Waals surface area contributed by atoms with Crippen LogP contribution in [0.1, 0.15) is 12.0 Å². The second-order valence-electron chi connectivity index (χ2n) is 4.43. The molecule has 0 radical (unpaired) electrons. The Hall–Kier alpha value is -1.41. The summed E-state index contributed by atoms with van der Waals surface area (Å²) in [6, 6.07) is 6.08. The molecule has 0 amide bonds. The number of halogens is 1. The molecule has 0 fully saturated rings. The van der Waals surface area contributed by atoms with Crippen molar-refractivity contribution in [1.29, 1.82) is 0 Å². The number of nitrogens with one attached hydrogen (secondary N) is 1. The molecular weight excluding hydrogens is 314 g/mol. The third-order valence-electron chi connectivity index (χ3n) is 2.92. The van der Waals surface area contributed by atoms with E-state index in [4.69, 9.17) is 16.7 Å². The van der Waals surface area contributed by atoms with E-state index in [1.165, 1.54) is 18.2 Å². The number of aromatic nitrogens is 2. The smallest absolute Gasteiger partial charge is 0.240 e. The fourth-order valence-corrected chi connectivity index (χ4v) is 3.19. The Morgan fingerprint density at radius 1 is 1.38 bits per heavy atom. The lowest BCUT2D eigenvalue weighted by atomic mass is 10.2. The molecule has 0 saturated heterocycles. The lowest BCUT2D eigenvalue weighted by molar-refractivity contribution is 0.282. The van der Waals surface area contributed by atoms with Gasteiger partial charge in [0.25, 0.3) is 0 Å². The van der Waals surface area contributed by atoms with Crippen LogP contribution in [0.15, 0.2) is 41.6 Å². The van der Waals surface area contributed by atoms with Crippen LogP contribution in [0.4, 0.5) is 0 Å². The monoisotopic (exact) mass is 329 g/mol. The van der Waals surface area contributed by atoms with Gasteiger partial charge in [0, 0.05) is 30.5 Å². The molecule has 0 saturated carbocycles. The van der Waals surface area contributed by atoms with Gasteiger partial charge in [-0.3, -0.25) is 4.68 Å². The van der Waals surface area contributed by atoms with E-state index in [-0.39, 0.29) is 16.5 Å². The fraction of sp³-hybridized carbons (Fsp3) is 0.308. The number of benzene rings is 1. The van der Waals surface area contributed by atoms with Gasteiger partial charge in [-0.15, -0.1) is 0 Å². The molecule has 114 valence electrons. The summed E-state index contributed by atoms with van der Waals surface area (Å²) in [6.45, 7) is 0.720. The number of rotatable bonds is 7. The van der Waals surface area contributed by atoms with Crippen LogP contribution in [-0.4, -0.2) is 29.8 Å². The van der Waals surface area contributed by atoms with Crippen LogP contribution in [-0.2, 0) is 23.2 Å². The van der Waals surface area contributed by atoms with Crippen molar-refractivity contribution in [3.05, 3.63) is 47.2 Å². The summed E-state index contributed by atoms with van der Waals surface area (Å²) in [4.78, 5) is 0.0868. The van der Waals surface area contributed by atoms with E-state index >= 15 is 0 Å². The number of nitrogens with zero attached hydrogens (tertiary/aromatic N) is 2. The van der Waals surface area contributed by atoms with Crippen molar-refractivity contribution in [3.8, 4) is 0 Å². The Balaban J connectivity index is 1.93. The summed E-state index contributed by atoms with van der Waals surface area (Å²) in [5.74, 6) is 0. The van der Waals surface area contributed by atoms with Crippen molar-refractivity contribution in [2.24, 2.45) is 0 Å². The minimum atomic E-state index is -3.59. The van der Waals surface area contributed by atoms with Crippen LogP contribution < -0.4 is 4.72 Å². The zero-order valence-electron chi connectivity index (χ0n) is 11.2. The van der Waals surface area contributed by atoms with Gasteiger partial charge in [-0.05, 0) is 30.2 Å². The van der Waals surface area contributed by atoms with Crippen molar-refractivity contribution >= 4 is 21.6 Å². The van der Waals surface area contributed by atoms with E-state index in [0.717, 1.165) is 0 Å². The molecule has 2 N–H and O–H groups in total. The molecule has 0 aliphatic heterocycles. The first kappa shape index (κ1) is 16.0. The van der Waals surface area contributed by atoms with Crippen molar-refractivity contribution in [2.75, 3.05) is 6.54 Å². The molecule has 0 aliphatic carbocycles. The van der Waals surface area contributed by atoms with E-state index < -0.39 is 10.0 Å². The second-order valence-corrected chi connectivity index (χ2v) is 6.61. The number of sulfonamides is 1. The minimum absolute atomic E-state index is 0.0868. The van der Waals surface area contributed by atoms with Crippen molar-refractivity contribution in [1.82, 2.24) is 14.5 Å². The van der Waals surface area contributed by atoms with E-state index in [1.807, 2.05) is 12.3 Å². The molecular formula is C13H16ClN3O3S. The summed E-state index contributed by atoms with van der Waals surface area (Å²) >= 11 is 5.90. The third-order valence-corrected chi connectivity index (χ3v) is 4.73. The normalized spacial score (nSPS) is 11.7. The highest BCUT2D eigenvalue weighted by Gasteiger charge is 2.14. The van der Waals surface area contributed by atoms with Gasteiger partial charge in [0.15, 0.2) is 0 Å². The SMILES string of the molecule is O=S(=O)(NCCCn1cccn1)c1ccc(CO)c(Cl)c1. The largest absolute Gasteiger partial charge is 0.392 e. The van der Waals surface area contributed by atoms with Crippen molar-refractivity contribution in [2.45, 2.75) is 24.5 Å². The predicted molar refractivity (Wildman–Crippen MR) is 79.4 cm³/mol. The van der Waals surface area contributed by atoms with Gasteiger partial charge in [0.05, 0.1) is 11.5 Å². The number of hydrogen-bond acceptors (Lipinski definition) is 4. The molecule has 8 heteroatoms. The summed E-state index contributed by atoms with van der Waals surface area (Å²) in [6.07, 6.45) is 4.13. The molecule has 2 rings (SSSR count). The molecule has 0 atom stereocenters. The molecule has 6 nitrogen and oxygen atoms in total. The zero-order chi connectivity index (χ0) is 15.3. The molecule has 21 heavy (non-hydrogen) atoms. The van der Waals surface area contributed by atoms with E-state index in [9.17, 15) is 8.42 Å². The highest BCUT2D eigenvalue weighted by atomic mass is 35.5. The Bertz CT molecular complexity index is 687.